The van der Waals surface area contributed by atoms with E-state index in [2.05, 4.69) is 19.9 Å². The van der Waals surface area contributed by atoms with E-state index in [1.54, 1.807) is 46.8 Å². The van der Waals surface area contributed by atoms with Gasteiger partial charge < -0.3 is 14.2 Å². The Labute approximate surface area is 149 Å². The number of furan rings is 1. The van der Waals surface area contributed by atoms with E-state index >= 15 is 0 Å². The quantitative estimate of drug-likeness (QED) is 0.718. The number of carbonyl (C=O) groups is 1. The molecule has 1 aliphatic rings. The Hall–Kier alpha value is -2.74. The summed E-state index contributed by atoms with van der Waals surface area (Å²) in [6, 6.07) is 5.32. The summed E-state index contributed by atoms with van der Waals surface area (Å²) in [6.45, 7) is 4.58. The van der Waals surface area contributed by atoms with E-state index in [-0.39, 0.29) is 5.91 Å². The Kier molecular flexibility index (Phi) is 4.19. The molecule has 1 fully saturated rings. The Morgan fingerprint density at radius 2 is 1.92 bits per heavy atom. The summed E-state index contributed by atoms with van der Waals surface area (Å²) in [7, 11) is 0. The molecule has 128 valence electrons. The molecule has 0 atom stereocenters. The zero-order valence-electron chi connectivity index (χ0n) is 13.8. The van der Waals surface area contributed by atoms with Crippen LogP contribution in [-0.2, 0) is 0 Å². The third kappa shape index (κ3) is 3.25. The first-order valence-corrected chi connectivity index (χ1v) is 8.92. The molecule has 7 nitrogen and oxygen atoms in total. The lowest BCUT2D eigenvalue weighted by atomic mass is 10.3. The molecule has 0 unspecified atom stereocenters. The van der Waals surface area contributed by atoms with Gasteiger partial charge in [0.2, 0.25) is 5.95 Å². The van der Waals surface area contributed by atoms with Crippen molar-refractivity contribution in [1.29, 1.82) is 0 Å². The van der Waals surface area contributed by atoms with Gasteiger partial charge in [-0.15, -0.1) is 11.3 Å². The van der Waals surface area contributed by atoms with Crippen LogP contribution in [0.3, 0.4) is 0 Å². The summed E-state index contributed by atoms with van der Waals surface area (Å²) in [5.41, 5.74) is 0.771. The van der Waals surface area contributed by atoms with Gasteiger partial charge in [0.15, 0.2) is 11.5 Å². The molecule has 0 spiro atoms. The van der Waals surface area contributed by atoms with Crippen molar-refractivity contribution >= 4 is 23.2 Å². The van der Waals surface area contributed by atoms with Crippen LogP contribution in [0.5, 0.6) is 0 Å². The number of carbonyl (C=O) groups excluding carboxylic acids is 1. The number of amides is 1. The van der Waals surface area contributed by atoms with Crippen molar-refractivity contribution in [3.8, 4) is 11.5 Å². The van der Waals surface area contributed by atoms with Crippen molar-refractivity contribution < 1.29 is 9.21 Å². The second-order valence-electron chi connectivity index (χ2n) is 5.74. The maximum atomic E-state index is 12.7. The lowest BCUT2D eigenvalue weighted by Crippen LogP contribution is -2.49. The van der Waals surface area contributed by atoms with Crippen LogP contribution >= 0.6 is 11.3 Å². The first-order chi connectivity index (χ1) is 12.2. The third-order valence-corrected chi connectivity index (χ3v) is 4.86. The average molecular weight is 355 g/mol. The van der Waals surface area contributed by atoms with Crippen LogP contribution in [0.25, 0.3) is 11.5 Å². The summed E-state index contributed by atoms with van der Waals surface area (Å²) in [5.74, 6) is 1.59. The predicted octanol–water partition coefficient (Wildman–Crippen LogP) is 2.46. The van der Waals surface area contributed by atoms with E-state index in [1.165, 1.54) is 0 Å². The Morgan fingerprint density at radius 3 is 2.60 bits per heavy atom. The van der Waals surface area contributed by atoms with Crippen LogP contribution in [-0.4, -0.2) is 51.9 Å². The zero-order chi connectivity index (χ0) is 17.2. The van der Waals surface area contributed by atoms with E-state index in [0.717, 1.165) is 10.7 Å². The Balaban J connectivity index is 1.42. The second kappa shape index (κ2) is 6.64. The molecule has 0 bridgehead atoms. The van der Waals surface area contributed by atoms with Crippen LogP contribution in [0.15, 0.2) is 40.4 Å². The summed E-state index contributed by atoms with van der Waals surface area (Å²) < 4.78 is 5.72. The van der Waals surface area contributed by atoms with E-state index < -0.39 is 0 Å². The average Bonchev–Trinajstić information content (AvgIpc) is 3.31. The lowest BCUT2D eigenvalue weighted by molar-refractivity contribution is 0.0715. The van der Waals surface area contributed by atoms with Crippen LogP contribution in [0.1, 0.15) is 15.6 Å². The molecule has 4 rings (SSSR count). The Bertz CT molecular complexity index is 868. The summed E-state index contributed by atoms with van der Waals surface area (Å²) in [4.78, 5) is 29.4. The predicted molar refractivity (Wildman–Crippen MR) is 94.7 cm³/mol. The van der Waals surface area contributed by atoms with Gasteiger partial charge in [0.25, 0.3) is 5.91 Å². The highest BCUT2D eigenvalue weighted by Gasteiger charge is 2.25. The molecule has 25 heavy (non-hydrogen) atoms. The molecule has 0 radical (unpaired) electrons. The second-order valence-corrected chi connectivity index (χ2v) is 6.81. The summed E-state index contributed by atoms with van der Waals surface area (Å²) in [6.07, 6.45) is 3.45. The van der Waals surface area contributed by atoms with Gasteiger partial charge in [-0.05, 0) is 25.1 Å². The number of rotatable bonds is 3. The fourth-order valence-corrected chi connectivity index (χ4v) is 3.39. The molecule has 1 saturated heterocycles. The highest BCUT2D eigenvalue weighted by molar-refractivity contribution is 7.09. The number of hydrogen-bond acceptors (Lipinski definition) is 7. The number of anilines is 1. The van der Waals surface area contributed by atoms with Gasteiger partial charge in [0.1, 0.15) is 5.69 Å². The molecule has 4 heterocycles. The van der Waals surface area contributed by atoms with Crippen LogP contribution in [0, 0.1) is 6.92 Å². The first-order valence-electron chi connectivity index (χ1n) is 8.04. The highest BCUT2D eigenvalue weighted by Crippen LogP contribution is 2.24. The molecule has 0 saturated carbocycles. The van der Waals surface area contributed by atoms with Gasteiger partial charge in [-0.25, -0.2) is 15.0 Å². The van der Waals surface area contributed by atoms with Crippen molar-refractivity contribution in [3.05, 3.63) is 46.7 Å². The number of hydrogen-bond donors (Lipinski definition) is 0. The van der Waals surface area contributed by atoms with Crippen molar-refractivity contribution in [3.63, 3.8) is 0 Å². The minimum atomic E-state index is -0.0909. The van der Waals surface area contributed by atoms with Crippen LogP contribution in [0.4, 0.5) is 5.95 Å². The monoisotopic (exact) mass is 355 g/mol. The van der Waals surface area contributed by atoms with Crippen molar-refractivity contribution in [2.24, 2.45) is 0 Å². The molecule has 0 N–H and O–H groups in total. The number of piperazine rings is 1. The van der Waals surface area contributed by atoms with E-state index in [4.69, 9.17) is 4.42 Å². The maximum absolute atomic E-state index is 12.7. The SMILES string of the molecule is Cc1nc(-c2ccc(C(=O)N3CCN(c4ncccn4)CC3)o2)cs1. The van der Waals surface area contributed by atoms with Crippen molar-refractivity contribution in [2.45, 2.75) is 6.92 Å². The molecule has 1 aliphatic heterocycles. The molecular formula is C17H17N5O2S. The smallest absolute Gasteiger partial charge is 0.289 e. The summed E-state index contributed by atoms with van der Waals surface area (Å²) in [5, 5.41) is 2.90. The van der Waals surface area contributed by atoms with Crippen LogP contribution < -0.4 is 4.90 Å². The van der Waals surface area contributed by atoms with Gasteiger partial charge >= 0.3 is 0 Å². The van der Waals surface area contributed by atoms with E-state index in [9.17, 15) is 4.79 Å². The number of nitrogens with zero attached hydrogens (tertiary/aromatic N) is 5. The zero-order valence-corrected chi connectivity index (χ0v) is 14.6. The Morgan fingerprint density at radius 1 is 1.16 bits per heavy atom. The molecule has 8 heteroatoms. The molecule has 3 aromatic rings. The maximum Gasteiger partial charge on any atom is 0.289 e. The minimum absolute atomic E-state index is 0.0909. The highest BCUT2D eigenvalue weighted by atomic mass is 32.1. The molecule has 1 amide bonds. The van der Waals surface area contributed by atoms with Crippen molar-refractivity contribution in [2.75, 3.05) is 31.1 Å². The molecule has 3 aromatic heterocycles. The minimum Gasteiger partial charge on any atom is -0.449 e. The van der Waals surface area contributed by atoms with Gasteiger partial charge in [0, 0.05) is 44.0 Å². The third-order valence-electron chi connectivity index (χ3n) is 4.09. The van der Waals surface area contributed by atoms with Gasteiger partial charge in [-0.1, -0.05) is 0 Å². The first kappa shape index (κ1) is 15.8. The van der Waals surface area contributed by atoms with Gasteiger partial charge in [0.05, 0.1) is 5.01 Å². The van der Waals surface area contributed by atoms with Crippen LogP contribution in [0.2, 0.25) is 0 Å². The molecular weight excluding hydrogens is 338 g/mol. The number of aromatic nitrogens is 3. The normalized spacial score (nSPS) is 14.8. The molecule has 0 aliphatic carbocycles. The molecule has 0 aromatic carbocycles. The fraction of sp³-hybridized carbons (Fsp3) is 0.294. The van der Waals surface area contributed by atoms with Crippen molar-refractivity contribution in [1.82, 2.24) is 19.9 Å². The van der Waals surface area contributed by atoms with Gasteiger partial charge in [-0.3, -0.25) is 4.79 Å². The topological polar surface area (TPSA) is 75.4 Å². The standard InChI is InChI=1S/C17H17N5O2S/c1-12-20-13(11-25-12)14-3-4-15(24-14)16(23)21-7-9-22(10-8-21)17-18-5-2-6-19-17/h2-6,11H,7-10H2,1H3. The fourth-order valence-electron chi connectivity index (χ4n) is 2.79. The van der Waals surface area contributed by atoms with E-state index in [1.807, 2.05) is 12.3 Å². The van der Waals surface area contributed by atoms with E-state index in [0.29, 0.717) is 43.6 Å². The largest absolute Gasteiger partial charge is 0.449 e. The lowest BCUT2D eigenvalue weighted by Gasteiger charge is -2.34. The number of aryl methyl sites for hydroxylation is 1. The van der Waals surface area contributed by atoms with Gasteiger partial charge in [-0.2, -0.15) is 0 Å². The number of thiazole rings is 1. The summed E-state index contributed by atoms with van der Waals surface area (Å²) >= 11 is 1.56.